The van der Waals surface area contributed by atoms with E-state index in [1.54, 1.807) is 12.1 Å². The van der Waals surface area contributed by atoms with Crippen LogP contribution in [-0.2, 0) is 0 Å². The van der Waals surface area contributed by atoms with Gasteiger partial charge in [0.2, 0.25) is 0 Å². The molecule has 25 heavy (non-hydrogen) atoms. The Bertz CT molecular complexity index is 877. The zero-order chi connectivity index (χ0) is 17.6. The molecule has 0 radical (unpaired) electrons. The Morgan fingerprint density at radius 3 is 2.56 bits per heavy atom. The van der Waals surface area contributed by atoms with Crippen molar-refractivity contribution in [2.75, 3.05) is 13.2 Å². The monoisotopic (exact) mass is 354 g/mol. The third kappa shape index (κ3) is 3.85. The number of carbonyl (C=O) groups is 1. The first-order valence-electron chi connectivity index (χ1n) is 8.03. The summed E-state index contributed by atoms with van der Waals surface area (Å²) in [6.45, 7) is 5.03. The molecule has 0 saturated heterocycles. The second-order valence-electron chi connectivity index (χ2n) is 5.13. The fourth-order valence-electron chi connectivity index (χ4n) is 2.37. The second-order valence-corrected chi connectivity index (χ2v) is 5.99. The highest BCUT2D eigenvalue weighted by atomic mass is 32.1. The van der Waals surface area contributed by atoms with Crippen molar-refractivity contribution in [3.8, 4) is 33.5 Å². The van der Waals surface area contributed by atoms with Gasteiger partial charge in [0.25, 0.3) is 0 Å². The van der Waals surface area contributed by atoms with Gasteiger partial charge in [-0.1, -0.05) is 6.07 Å². The molecule has 0 saturated carbocycles. The number of aromatic nitrogens is 2. The zero-order valence-corrected chi connectivity index (χ0v) is 14.9. The summed E-state index contributed by atoms with van der Waals surface area (Å²) in [5.74, 6) is 1.44. The highest BCUT2D eigenvalue weighted by Crippen LogP contribution is 2.35. The van der Waals surface area contributed by atoms with Gasteiger partial charge in [-0.25, -0.2) is 9.97 Å². The van der Waals surface area contributed by atoms with E-state index >= 15 is 0 Å². The third-order valence-corrected chi connectivity index (χ3v) is 4.34. The van der Waals surface area contributed by atoms with Gasteiger partial charge < -0.3 is 9.47 Å². The number of nitrogens with zero attached hydrogens (tertiary/aromatic N) is 2. The standard InChI is InChI=1S/C19H18N2O3S/c1-3-23-17-9-8-13(10-18(17)24-4-2)19-21-16(12-25-19)15-7-5-6-14(11-22)20-15/h5-12H,3-4H2,1-2H3. The Hall–Kier alpha value is -2.73. The van der Waals surface area contributed by atoms with Crippen molar-refractivity contribution in [2.45, 2.75) is 13.8 Å². The Morgan fingerprint density at radius 1 is 1.00 bits per heavy atom. The first kappa shape index (κ1) is 17.1. The van der Waals surface area contributed by atoms with E-state index in [9.17, 15) is 4.79 Å². The molecule has 3 rings (SSSR count). The summed E-state index contributed by atoms with van der Waals surface area (Å²) in [7, 11) is 0. The predicted molar refractivity (Wildman–Crippen MR) is 98.5 cm³/mol. The predicted octanol–water partition coefficient (Wildman–Crippen LogP) is 4.48. The number of carbonyl (C=O) groups excluding carboxylic acids is 1. The number of rotatable bonds is 7. The lowest BCUT2D eigenvalue weighted by atomic mass is 10.2. The van der Waals surface area contributed by atoms with Crippen LogP contribution in [0.1, 0.15) is 24.3 Å². The van der Waals surface area contributed by atoms with E-state index in [1.807, 2.05) is 43.5 Å². The smallest absolute Gasteiger partial charge is 0.168 e. The Morgan fingerprint density at radius 2 is 1.80 bits per heavy atom. The van der Waals surface area contributed by atoms with Gasteiger partial charge in [0.15, 0.2) is 17.8 Å². The van der Waals surface area contributed by atoms with Crippen molar-refractivity contribution in [1.29, 1.82) is 0 Å². The maximum absolute atomic E-state index is 10.9. The molecule has 0 amide bonds. The number of hydrogen-bond donors (Lipinski definition) is 0. The van der Waals surface area contributed by atoms with Crippen LogP contribution in [0.15, 0.2) is 41.8 Å². The van der Waals surface area contributed by atoms with Crippen LogP contribution in [0.4, 0.5) is 0 Å². The molecule has 0 aliphatic heterocycles. The van der Waals surface area contributed by atoms with Crippen LogP contribution < -0.4 is 9.47 Å². The maximum Gasteiger partial charge on any atom is 0.168 e. The molecule has 3 aromatic rings. The number of aldehydes is 1. The Kier molecular flexibility index (Phi) is 5.40. The van der Waals surface area contributed by atoms with Crippen LogP contribution in [-0.4, -0.2) is 29.5 Å². The van der Waals surface area contributed by atoms with Crippen molar-refractivity contribution < 1.29 is 14.3 Å². The quantitative estimate of drug-likeness (QED) is 0.585. The zero-order valence-electron chi connectivity index (χ0n) is 14.1. The molecule has 0 atom stereocenters. The molecule has 0 unspecified atom stereocenters. The average Bonchev–Trinajstić information content (AvgIpc) is 3.14. The van der Waals surface area contributed by atoms with E-state index in [0.717, 1.165) is 28.3 Å². The summed E-state index contributed by atoms with van der Waals surface area (Å²) in [5.41, 5.74) is 2.78. The molecule has 128 valence electrons. The molecule has 0 N–H and O–H groups in total. The maximum atomic E-state index is 10.9. The Labute approximate surface area is 150 Å². The number of benzene rings is 1. The van der Waals surface area contributed by atoms with Gasteiger partial charge in [-0.15, -0.1) is 11.3 Å². The van der Waals surface area contributed by atoms with Gasteiger partial charge in [0.1, 0.15) is 16.4 Å². The van der Waals surface area contributed by atoms with Crippen LogP contribution in [0.5, 0.6) is 11.5 Å². The van der Waals surface area contributed by atoms with Crippen molar-refractivity contribution in [1.82, 2.24) is 9.97 Å². The van der Waals surface area contributed by atoms with Crippen molar-refractivity contribution in [2.24, 2.45) is 0 Å². The van der Waals surface area contributed by atoms with Crippen molar-refractivity contribution in [3.05, 3.63) is 47.5 Å². The topological polar surface area (TPSA) is 61.3 Å². The second kappa shape index (κ2) is 7.90. The normalized spacial score (nSPS) is 10.5. The highest BCUT2D eigenvalue weighted by molar-refractivity contribution is 7.13. The number of hydrogen-bond acceptors (Lipinski definition) is 6. The third-order valence-electron chi connectivity index (χ3n) is 3.45. The van der Waals surface area contributed by atoms with Crippen molar-refractivity contribution in [3.63, 3.8) is 0 Å². The van der Waals surface area contributed by atoms with Crippen LogP contribution in [0, 0.1) is 0 Å². The molecule has 6 heteroatoms. The van der Waals surface area contributed by atoms with E-state index in [-0.39, 0.29) is 0 Å². The van der Waals surface area contributed by atoms with Gasteiger partial charge >= 0.3 is 0 Å². The molecule has 0 aliphatic rings. The van der Waals surface area contributed by atoms with Crippen LogP contribution in [0.3, 0.4) is 0 Å². The minimum absolute atomic E-state index is 0.395. The SMILES string of the molecule is CCOc1ccc(-c2nc(-c3cccc(C=O)n3)cs2)cc1OCC. The van der Waals surface area contributed by atoms with E-state index in [2.05, 4.69) is 9.97 Å². The molecule has 0 aliphatic carbocycles. The fourth-order valence-corrected chi connectivity index (χ4v) is 3.18. The molecule has 2 aromatic heterocycles. The van der Waals surface area contributed by atoms with Gasteiger partial charge in [0.05, 0.1) is 18.9 Å². The van der Waals surface area contributed by atoms with Crippen molar-refractivity contribution >= 4 is 17.6 Å². The molecule has 1 aromatic carbocycles. The molecule has 0 spiro atoms. The summed E-state index contributed by atoms with van der Waals surface area (Å²) in [4.78, 5) is 19.8. The molecule has 0 fully saturated rings. The van der Waals surface area contributed by atoms with E-state index in [0.29, 0.717) is 30.4 Å². The van der Waals surface area contributed by atoms with Crippen LogP contribution in [0.2, 0.25) is 0 Å². The van der Waals surface area contributed by atoms with Crippen LogP contribution >= 0.6 is 11.3 Å². The minimum Gasteiger partial charge on any atom is -0.490 e. The molecule has 0 bridgehead atoms. The van der Waals surface area contributed by atoms with Crippen LogP contribution in [0.25, 0.3) is 22.0 Å². The minimum atomic E-state index is 0.395. The summed E-state index contributed by atoms with van der Waals surface area (Å²) in [5, 5.41) is 2.79. The highest BCUT2D eigenvalue weighted by Gasteiger charge is 2.12. The largest absolute Gasteiger partial charge is 0.490 e. The summed E-state index contributed by atoms with van der Waals surface area (Å²) >= 11 is 1.52. The average molecular weight is 354 g/mol. The van der Waals surface area contributed by atoms with Gasteiger partial charge in [-0.2, -0.15) is 0 Å². The Balaban J connectivity index is 1.93. The molecular formula is C19H18N2O3S. The number of ether oxygens (including phenoxy) is 2. The van der Waals surface area contributed by atoms with E-state index in [1.165, 1.54) is 11.3 Å². The van der Waals surface area contributed by atoms with E-state index < -0.39 is 0 Å². The number of pyridine rings is 1. The van der Waals surface area contributed by atoms with Gasteiger partial charge in [-0.05, 0) is 44.2 Å². The molecule has 5 nitrogen and oxygen atoms in total. The molecule has 2 heterocycles. The lowest BCUT2D eigenvalue weighted by Gasteiger charge is -2.11. The summed E-state index contributed by atoms with van der Waals surface area (Å²) in [6.07, 6.45) is 0.734. The van der Waals surface area contributed by atoms with Gasteiger partial charge in [-0.3, -0.25) is 4.79 Å². The molecular weight excluding hydrogens is 336 g/mol. The lowest BCUT2D eigenvalue weighted by Crippen LogP contribution is -1.98. The van der Waals surface area contributed by atoms with E-state index in [4.69, 9.17) is 9.47 Å². The lowest BCUT2D eigenvalue weighted by molar-refractivity contribution is 0.111. The summed E-state index contributed by atoms with van der Waals surface area (Å²) in [6, 6.07) is 11.1. The first-order chi connectivity index (χ1) is 12.2. The number of thiazole rings is 1. The van der Waals surface area contributed by atoms with Gasteiger partial charge in [0, 0.05) is 10.9 Å². The summed E-state index contributed by atoms with van der Waals surface area (Å²) < 4.78 is 11.3. The fraction of sp³-hybridized carbons (Fsp3) is 0.211. The first-order valence-corrected chi connectivity index (χ1v) is 8.91.